The van der Waals surface area contributed by atoms with E-state index in [1.165, 1.54) is 0 Å². The average Bonchev–Trinajstić information content (AvgIpc) is 2.65. The minimum atomic E-state index is -0.402. The zero-order valence-corrected chi connectivity index (χ0v) is 17.3. The third kappa shape index (κ3) is 6.40. The van der Waals surface area contributed by atoms with Crippen LogP contribution in [0.1, 0.15) is 49.0 Å². The molecule has 0 saturated carbocycles. The number of rotatable bonds is 8. The summed E-state index contributed by atoms with van der Waals surface area (Å²) < 4.78 is 11.8. The van der Waals surface area contributed by atoms with Gasteiger partial charge >= 0.3 is 5.97 Å². The molecule has 6 heteroatoms. The lowest BCUT2D eigenvalue weighted by Gasteiger charge is -2.14. The highest BCUT2D eigenvalue weighted by Gasteiger charge is 2.12. The van der Waals surface area contributed by atoms with Crippen molar-refractivity contribution in [1.82, 2.24) is 0 Å². The van der Waals surface area contributed by atoms with Gasteiger partial charge in [-0.05, 0) is 54.3 Å². The van der Waals surface area contributed by atoms with Crippen LogP contribution in [0.3, 0.4) is 0 Å². The first-order chi connectivity index (χ1) is 12.9. The summed E-state index contributed by atoms with van der Waals surface area (Å²) in [5.74, 6) is 0.249. The van der Waals surface area contributed by atoms with Gasteiger partial charge in [-0.15, -0.1) is 0 Å². The van der Waals surface area contributed by atoms with Crippen molar-refractivity contribution in [2.75, 3.05) is 18.5 Å². The van der Waals surface area contributed by atoms with Gasteiger partial charge in [0.1, 0.15) is 5.75 Å². The smallest absolute Gasteiger partial charge is 0.338 e. The molecule has 0 saturated heterocycles. The van der Waals surface area contributed by atoms with Gasteiger partial charge < -0.3 is 14.8 Å². The second kappa shape index (κ2) is 10.1. The minimum Gasteiger partial charge on any atom is -0.483 e. The number of esters is 1. The van der Waals surface area contributed by atoms with Crippen LogP contribution in [0.4, 0.5) is 5.69 Å². The largest absolute Gasteiger partial charge is 0.483 e. The lowest BCUT2D eigenvalue weighted by molar-refractivity contribution is -0.118. The van der Waals surface area contributed by atoms with E-state index in [-0.39, 0.29) is 18.4 Å². The maximum atomic E-state index is 12.2. The van der Waals surface area contributed by atoms with E-state index in [0.717, 1.165) is 16.5 Å². The van der Waals surface area contributed by atoms with Gasteiger partial charge in [0.15, 0.2) is 6.61 Å². The van der Waals surface area contributed by atoms with Gasteiger partial charge in [-0.2, -0.15) is 0 Å². The van der Waals surface area contributed by atoms with Crippen LogP contribution in [-0.2, 0) is 9.53 Å². The Morgan fingerprint density at radius 3 is 2.63 bits per heavy atom. The standard InChI is InChI=1S/C21H24BrNO4/c1-4-10-26-21(25)15-6-5-7-17(11-15)23-20(24)13-27-19-9-8-16(22)12-18(19)14(2)3/h5-9,11-12,14H,4,10,13H2,1-3H3,(H,23,24). The molecule has 0 spiro atoms. The highest BCUT2D eigenvalue weighted by atomic mass is 79.9. The van der Waals surface area contributed by atoms with Crippen molar-refractivity contribution in [3.05, 3.63) is 58.1 Å². The first-order valence-corrected chi connectivity index (χ1v) is 9.69. The molecule has 2 aromatic carbocycles. The molecule has 0 bridgehead atoms. The van der Waals surface area contributed by atoms with Crippen LogP contribution < -0.4 is 10.1 Å². The summed E-state index contributed by atoms with van der Waals surface area (Å²) in [6, 6.07) is 12.4. The quantitative estimate of drug-likeness (QED) is 0.584. The molecule has 0 heterocycles. The number of amides is 1. The van der Waals surface area contributed by atoms with Crippen LogP contribution in [0.15, 0.2) is 46.9 Å². The zero-order valence-electron chi connectivity index (χ0n) is 15.8. The van der Waals surface area contributed by atoms with Gasteiger partial charge in [-0.1, -0.05) is 42.8 Å². The van der Waals surface area contributed by atoms with Crippen LogP contribution in [0.25, 0.3) is 0 Å². The molecule has 0 aromatic heterocycles. The molecular formula is C21H24BrNO4. The lowest BCUT2D eigenvalue weighted by Crippen LogP contribution is -2.21. The number of anilines is 1. The summed E-state index contributed by atoms with van der Waals surface area (Å²) in [6.07, 6.45) is 0.758. The number of halogens is 1. The van der Waals surface area contributed by atoms with E-state index >= 15 is 0 Å². The fraction of sp³-hybridized carbons (Fsp3) is 0.333. The van der Waals surface area contributed by atoms with Gasteiger partial charge in [0.25, 0.3) is 5.91 Å². The summed E-state index contributed by atoms with van der Waals surface area (Å²) in [4.78, 5) is 24.1. The van der Waals surface area contributed by atoms with E-state index < -0.39 is 5.97 Å². The van der Waals surface area contributed by atoms with E-state index in [9.17, 15) is 9.59 Å². The Morgan fingerprint density at radius 1 is 1.15 bits per heavy atom. The Kier molecular flexibility index (Phi) is 7.85. The fourth-order valence-electron chi connectivity index (χ4n) is 2.44. The number of hydrogen-bond acceptors (Lipinski definition) is 4. The Bertz CT molecular complexity index is 805. The van der Waals surface area contributed by atoms with Crippen LogP contribution in [-0.4, -0.2) is 25.1 Å². The number of nitrogens with one attached hydrogen (secondary N) is 1. The normalized spacial score (nSPS) is 10.6. The Morgan fingerprint density at radius 2 is 1.93 bits per heavy atom. The first kappa shape index (κ1) is 21.0. The van der Waals surface area contributed by atoms with Crippen molar-refractivity contribution in [1.29, 1.82) is 0 Å². The van der Waals surface area contributed by atoms with Gasteiger partial charge in [0, 0.05) is 10.2 Å². The van der Waals surface area contributed by atoms with Crippen LogP contribution in [0.2, 0.25) is 0 Å². The highest BCUT2D eigenvalue weighted by Crippen LogP contribution is 2.29. The monoisotopic (exact) mass is 433 g/mol. The van der Waals surface area contributed by atoms with Crippen molar-refractivity contribution in [2.45, 2.75) is 33.1 Å². The van der Waals surface area contributed by atoms with E-state index in [1.54, 1.807) is 24.3 Å². The zero-order chi connectivity index (χ0) is 19.8. The molecule has 0 unspecified atom stereocenters. The molecule has 5 nitrogen and oxygen atoms in total. The predicted molar refractivity (Wildman–Crippen MR) is 109 cm³/mol. The average molecular weight is 434 g/mol. The van der Waals surface area contributed by atoms with Gasteiger partial charge in [0.05, 0.1) is 12.2 Å². The molecule has 27 heavy (non-hydrogen) atoms. The van der Waals surface area contributed by atoms with Crippen molar-refractivity contribution in [3.63, 3.8) is 0 Å². The minimum absolute atomic E-state index is 0.119. The van der Waals surface area contributed by atoms with E-state index in [0.29, 0.717) is 23.6 Å². The predicted octanol–water partition coefficient (Wildman–Crippen LogP) is 5.16. The Balaban J connectivity index is 1.98. The van der Waals surface area contributed by atoms with Crippen molar-refractivity contribution in [2.24, 2.45) is 0 Å². The Hall–Kier alpha value is -2.34. The summed E-state index contributed by atoms with van der Waals surface area (Å²) in [5.41, 5.74) is 1.95. The molecule has 0 atom stereocenters. The summed E-state index contributed by atoms with van der Waals surface area (Å²) in [6.45, 7) is 6.32. The molecule has 0 aliphatic heterocycles. The molecule has 2 aromatic rings. The third-order valence-electron chi connectivity index (χ3n) is 3.77. The molecule has 1 amide bonds. The fourth-order valence-corrected chi connectivity index (χ4v) is 2.82. The molecule has 0 aliphatic rings. The first-order valence-electron chi connectivity index (χ1n) is 8.90. The third-order valence-corrected chi connectivity index (χ3v) is 4.27. The number of ether oxygens (including phenoxy) is 2. The lowest BCUT2D eigenvalue weighted by atomic mass is 10.0. The maximum absolute atomic E-state index is 12.2. The molecule has 144 valence electrons. The van der Waals surface area contributed by atoms with E-state index in [1.807, 2.05) is 25.1 Å². The molecule has 0 fully saturated rings. The second-order valence-electron chi connectivity index (χ2n) is 6.39. The molecule has 2 rings (SSSR count). The second-order valence-corrected chi connectivity index (χ2v) is 7.31. The van der Waals surface area contributed by atoms with Crippen LogP contribution in [0.5, 0.6) is 5.75 Å². The van der Waals surface area contributed by atoms with Crippen LogP contribution >= 0.6 is 15.9 Å². The SMILES string of the molecule is CCCOC(=O)c1cccc(NC(=O)COc2ccc(Br)cc2C(C)C)c1. The molecule has 0 radical (unpaired) electrons. The summed E-state index contributed by atoms with van der Waals surface area (Å²) in [7, 11) is 0. The number of carbonyl (C=O) groups excluding carboxylic acids is 2. The summed E-state index contributed by atoms with van der Waals surface area (Å²) in [5, 5.41) is 2.74. The van der Waals surface area contributed by atoms with Gasteiger partial charge in [-0.3, -0.25) is 4.79 Å². The van der Waals surface area contributed by atoms with Crippen molar-refractivity contribution < 1.29 is 19.1 Å². The van der Waals surface area contributed by atoms with E-state index in [2.05, 4.69) is 35.1 Å². The maximum Gasteiger partial charge on any atom is 0.338 e. The number of benzene rings is 2. The number of hydrogen-bond donors (Lipinski definition) is 1. The topological polar surface area (TPSA) is 64.6 Å². The number of carbonyl (C=O) groups is 2. The van der Waals surface area contributed by atoms with Crippen LogP contribution in [0, 0.1) is 0 Å². The molecular weight excluding hydrogens is 410 g/mol. The van der Waals surface area contributed by atoms with E-state index in [4.69, 9.17) is 9.47 Å². The van der Waals surface area contributed by atoms with Gasteiger partial charge in [-0.25, -0.2) is 4.79 Å². The van der Waals surface area contributed by atoms with Gasteiger partial charge in [0.2, 0.25) is 0 Å². The molecule has 1 N–H and O–H groups in total. The van der Waals surface area contributed by atoms with Crippen molar-refractivity contribution in [3.8, 4) is 5.75 Å². The molecule has 0 aliphatic carbocycles. The Labute approximate surface area is 168 Å². The van der Waals surface area contributed by atoms with Crippen molar-refractivity contribution >= 4 is 33.5 Å². The highest BCUT2D eigenvalue weighted by molar-refractivity contribution is 9.10. The summed E-state index contributed by atoms with van der Waals surface area (Å²) >= 11 is 3.45.